The summed E-state index contributed by atoms with van der Waals surface area (Å²) in [4.78, 5) is 47.0. The molecule has 1 aromatic heterocycles. The van der Waals surface area contributed by atoms with Gasteiger partial charge in [-0.05, 0) is 12.0 Å². The lowest BCUT2D eigenvalue weighted by atomic mass is 8.89. The van der Waals surface area contributed by atoms with Gasteiger partial charge < -0.3 is 19.0 Å². The molecule has 4 unspecified atom stereocenters. The van der Waals surface area contributed by atoms with Gasteiger partial charge in [0.25, 0.3) is 0 Å². The highest BCUT2D eigenvalue weighted by Gasteiger charge is 3.26. The van der Waals surface area contributed by atoms with E-state index in [1.54, 1.807) is 12.4 Å². The van der Waals surface area contributed by atoms with Crippen LogP contribution in [0.4, 0.5) is 0 Å². The number of hydrogen-bond donors (Lipinski definition) is 0. The van der Waals surface area contributed by atoms with Crippen LogP contribution in [0, 0.1) is 34.5 Å². The number of benzene rings is 1. The Bertz CT molecular complexity index is 1310. The first-order chi connectivity index (χ1) is 16.4. The van der Waals surface area contributed by atoms with Crippen LogP contribution in [-0.2, 0) is 33.4 Å². The molecule has 6 aliphatic carbocycles. The zero-order chi connectivity index (χ0) is 23.7. The third-order valence-corrected chi connectivity index (χ3v) is 9.36. The van der Waals surface area contributed by atoms with Crippen LogP contribution >= 0.6 is 0 Å². The molecule has 6 fully saturated rings. The summed E-state index contributed by atoms with van der Waals surface area (Å²) in [5, 5.41) is 5.17. The fourth-order valence-corrected chi connectivity index (χ4v) is 9.09. The Morgan fingerprint density at radius 3 is 2.38 bits per heavy atom. The molecule has 9 nitrogen and oxygen atoms in total. The first kappa shape index (κ1) is 19.9. The number of para-hydroxylation sites is 1. The fraction of sp³-hybridized carbons (Fsp3) is 0.480. The smallest absolute Gasteiger partial charge is 0.313 e. The van der Waals surface area contributed by atoms with Crippen LogP contribution in [0.2, 0.25) is 0 Å². The molecule has 0 amide bonds. The molecule has 6 aliphatic rings. The van der Waals surface area contributed by atoms with Gasteiger partial charge in [0.15, 0.2) is 0 Å². The molecule has 9 heteroatoms. The van der Waals surface area contributed by atoms with Crippen LogP contribution in [0.15, 0.2) is 41.7 Å². The van der Waals surface area contributed by atoms with Crippen molar-refractivity contribution in [2.75, 3.05) is 13.7 Å². The number of ether oxygens (including phenoxy) is 3. The molecular weight excluding hydrogens is 440 g/mol. The number of hydrogen-bond acceptors (Lipinski definition) is 9. The van der Waals surface area contributed by atoms with Crippen molar-refractivity contribution in [3.05, 3.63) is 42.1 Å². The number of carbonyl (C=O) groups excluding carboxylic acids is 3. The summed E-state index contributed by atoms with van der Waals surface area (Å²) in [5.41, 5.74) is -1.55. The van der Waals surface area contributed by atoms with Crippen molar-refractivity contribution in [1.82, 2.24) is 4.98 Å². The summed E-state index contributed by atoms with van der Waals surface area (Å²) in [6.45, 7) is 2.82. The SMILES string of the molecule is COC(=O)C12C3C4C1C1(OC(C)=O)C2C3(OC(C)=O)C41CO/N=C/c1cccc2cccnc12. The lowest BCUT2D eigenvalue weighted by Crippen LogP contribution is -3.25. The summed E-state index contributed by atoms with van der Waals surface area (Å²) in [6.07, 6.45) is 3.32. The van der Waals surface area contributed by atoms with Gasteiger partial charge in [-0.15, -0.1) is 0 Å². The maximum Gasteiger partial charge on any atom is 0.313 e. The monoisotopic (exact) mass is 462 g/mol. The predicted octanol–water partition coefficient (Wildman–Crippen LogP) is 1.87. The van der Waals surface area contributed by atoms with Gasteiger partial charge >= 0.3 is 17.9 Å². The van der Waals surface area contributed by atoms with Crippen molar-refractivity contribution in [2.45, 2.75) is 25.0 Å². The minimum absolute atomic E-state index is 0.0599. The third-order valence-electron chi connectivity index (χ3n) is 9.36. The molecule has 1 aromatic carbocycles. The van der Waals surface area contributed by atoms with E-state index in [4.69, 9.17) is 19.0 Å². The van der Waals surface area contributed by atoms with E-state index in [-0.39, 0.29) is 30.3 Å². The first-order valence-corrected chi connectivity index (χ1v) is 11.3. The highest BCUT2D eigenvalue weighted by Crippen LogP contribution is 3.13. The van der Waals surface area contributed by atoms with Gasteiger partial charge in [-0.2, -0.15) is 0 Å². The average Bonchev–Trinajstić information content (AvgIpc) is 2.80. The minimum atomic E-state index is -0.877. The highest BCUT2D eigenvalue weighted by atomic mass is 16.6. The van der Waals surface area contributed by atoms with Gasteiger partial charge in [0.1, 0.15) is 17.8 Å². The molecule has 0 radical (unpaired) electrons. The molecule has 0 bridgehead atoms. The molecule has 0 aliphatic heterocycles. The minimum Gasteiger partial charge on any atom is -0.469 e. The fourth-order valence-electron chi connectivity index (χ4n) is 9.09. The van der Waals surface area contributed by atoms with Crippen LogP contribution in [0.25, 0.3) is 10.9 Å². The predicted molar refractivity (Wildman–Crippen MR) is 115 cm³/mol. The second-order valence-corrected chi connectivity index (χ2v) is 10.0. The van der Waals surface area contributed by atoms with Crippen molar-refractivity contribution in [3.63, 3.8) is 0 Å². The van der Waals surface area contributed by atoms with E-state index in [1.807, 2.05) is 30.3 Å². The quantitative estimate of drug-likeness (QED) is 0.265. The molecule has 8 rings (SSSR count). The van der Waals surface area contributed by atoms with Crippen molar-refractivity contribution in [2.24, 2.45) is 39.7 Å². The Labute approximate surface area is 194 Å². The molecule has 1 heterocycles. The van der Waals surface area contributed by atoms with Crippen molar-refractivity contribution in [1.29, 1.82) is 0 Å². The van der Waals surface area contributed by atoms with Crippen LogP contribution in [0.5, 0.6) is 0 Å². The van der Waals surface area contributed by atoms with E-state index in [0.717, 1.165) is 16.5 Å². The van der Waals surface area contributed by atoms with E-state index >= 15 is 0 Å². The van der Waals surface area contributed by atoms with E-state index < -0.39 is 39.9 Å². The number of carbonyl (C=O) groups is 3. The topological polar surface area (TPSA) is 113 Å². The summed E-state index contributed by atoms with van der Waals surface area (Å²) < 4.78 is 16.8. The number of nitrogens with zero attached hydrogens (tertiary/aromatic N) is 2. The summed E-state index contributed by atoms with van der Waals surface area (Å²) >= 11 is 0. The molecule has 34 heavy (non-hydrogen) atoms. The number of esters is 3. The number of fused-ring (bicyclic) bond motifs is 1. The van der Waals surface area contributed by atoms with Gasteiger partial charge in [0.05, 0.1) is 35.6 Å². The zero-order valence-corrected chi connectivity index (χ0v) is 18.8. The van der Waals surface area contributed by atoms with Gasteiger partial charge in [0, 0.05) is 42.8 Å². The number of oxime groups is 1. The van der Waals surface area contributed by atoms with E-state index in [9.17, 15) is 14.4 Å². The van der Waals surface area contributed by atoms with Crippen LogP contribution < -0.4 is 0 Å². The van der Waals surface area contributed by atoms with Gasteiger partial charge in [0.2, 0.25) is 0 Å². The lowest BCUT2D eigenvalue weighted by molar-refractivity contribution is -0.728. The second-order valence-electron chi connectivity index (χ2n) is 10.0. The summed E-state index contributed by atoms with van der Waals surface area (Å²) in [5.74, 6) is -1.77. The summed E-state index contributed by atoms with van der Waals surface area (Å²) in [7, 11) is 1.36. The van der Waals surface area contributed by atoms with E-state index in [0.29, 0.717) is 0 Å². The normalized spacial score (nSPS) is 42.8. The Kier molecular flexibility index (Phi) is 3.38. The summed E-state index contributed by atoms with van der Waals surface area (Å²) in [6, 6.07) is 9.63. The highest BCUT2D eigenvalue weighted by molar-refractivity contribution is 5.97. The number of rotatable bonds is 7. The largest absolute Gasteiger partial charge is 0.469 e. The lowest BCUT2D eigenvalue weighted by Gasteiger charge is -3.13. The third kappa shape index (κ3) is 1.56. The van der Waals surface area contributed by atoms with Crippen LogP contribution in [-0.4, -0.2) is 54.0 Å². The molecule has 0 N–H and O–H groups in total. The standard InChI is InChI=1S/C25H22N2O7/c1-12(28)33-24-18-16-19-23(18,21(30)31-3)20(24)25(19,34-13(2)29)22(16,24)11-32-27-10-15-7-4-6-14-8-5-9-26-17(14)15/h4-10,16,18-20H,11H2,1-3H3/b27-10+. The van der Waals surface area contributed by atoms with Crippen molar-refractivity contribution >= 4 is 35.0 Å². The number of methoxy groups -OCH3 is 1. The molecule has 0 spiro atoms. The van der Waals surface area contributed by atoms with E-state index in [1.165, 1.54) is 21.0 Å². The molecule has 2 aromatic rings. The molecular formula is C25H22N2O7. The zero-order valence-electron chi connectivity index (χ0n) is 18.8. The molecule has 4 atom stereocenters. The maximum absolute atomic E-state index is 12.7. The Morgan fingerprint density at radius 2 is 1.74 bits per heavy atom. The number of pyridine rings is 1. The second kappa shape index (κ2) is 5.76. The maximum atomic E-state index is 12.7. The van der Waals surface area contributed by atoms with Crippen LogP contribution in [0.3, 0.4) is 0 Å². The Balaban J connectivity index is 1.19. The molecule has 174 valence electrons. The molecule has 6 saturated carbocycles. The van der Waals surface area contributed by atoms with Crippen molar-refractivity contribution in [3.8, 4) is 0 Å². The number of aromatic nitrogens is 1. The van der Waals surface area contributed by atoms with Gasteiger partial charge in [-0.3, -0.25) is 19.4 Å². The van der Waals surface area contributed by atoms with Crippen molar-refractivity contribution < 1.29 is 33.4 Å². The van der Waals surface area contributed by atoms with E-state index in [2.05, 4.69) is 10.1 Å². The van der Waals surface area contributed by atoms with Crippen LogP contribution in [0.1, 0.15) is 19.4 Å². The van der Waals surface area contributed by atoms with Gasteiger partial charge in [-0.1, -0.05) is 29.4 Å². The average molecular weight is 462 g/mol. The first-order valence-electron chi connectivity index (χ1n) is 11.3. The Morgan fingerprint density at radius 1 is 1.06 bits per heavy atom. The van der Waals surface area contributed by atoms with Gasteiger partial charge in [-0.25, -0.2) is 0 Å². The molecule has 0 saturated heterocycles. The Hall–Kier alpha value is -3.49.